The lowest BCUT2D eigenvalue weighted by molar-refractivity contribution is -0.154. The number of aliphatic hydroxyl groups excluding tert-OH is 1. The zero-order chi connectivity index (χ0) is 25.0. The Kier molecular flexibility index (Phi) is 6.08. The van der Waals surface area contributed by atoms with Gasteiger partial charge in [-0.3, -0.25) is 14.4 Å². The van der Waals surface area contributed by atoms with Crippen molar-refractivity contribution in [3.05, 3.63) is 53.6 Å². The Balaban J connectivity index is 1.65. The first kappa shape index (κ1) is 24.1. The number of carbonyl (C=O) groups is 3. The number of cyclic esters (lactones) is 1. The number of likely N-dealkylation sites (tertiary alicyclic amines) is 1. The monoisotopic (exact) mass is 496 g/mol. The molecule has 1 spiro atoms. The predicted octanol–water partition coefficient (Wildman–Crippen LogP) is 2.78. The second-order valence-corrected chi connectivity index (χ2v) is 11.9. The number of esters is 1. The number of carbonyl (C=O) groups excluding carboxylic acids is 3. The van der Waals surface area contributed by atoms with Crippen LogP contribution in [0.2, 0.25) is 0 Å². The number of amides is 2. The number of aryl methyl sites for hydroxylation is 2. The van der Waals surface area contributed by atoms with Gasteiger partial charge < -0.3 is 19.6 Å². The molecule has 1 aromatic rings. The molecule has 186 valence electrons. The highest BCUT2D eigenvalue weighted by Crippen LogP contribution is 2.65. The Hall–Kier alpha value is -2.58. The summed E-state index contributed by atoms with van der Waals surface area (Å²) in [6, 6.07) is 5.25. The van der Waals surface area contributed by atoms with E-state index in [0.29, 0.717) is 19.4 Å². The first-order valence-electron chi connectivity index (χ1n) is 12.3. The number of rotatable bonds is 4. The van der Waals surface area contributed by atoms with E-state index in [1.807, 2.05) is 63.3 Å². The Bertz CT molecular complexity index is 1130. The van der Waals surface area contributed by atoms with Gasteiger partial charge in [0, 0.05) is 30.1 Å². The number of benzene rings is 1. The molecule has 1 N–H and O–H groups in total. The van der Waals surface area contributed by atoms with Gasteiger partial charge in [-0.25, -0.2) is 0 Å². The molecule has 2 saturated heterocycles. The topological polar surface area (TPSA) is 87.2 Å². The van der Waals surface area contributed by atoms with E-state index in [9.17, 15) is 19.5 Å². The van der Waals surface area contributed by atoms with Gasteiger partial charge in [0.2, 0.25) is 5.91 Å². The number of anilines is 1. The SMILES string of the molecule is Cc1ccc(C)c(N2CC=C[C@]34S[C@]5(C)C=CCCOC(=O)[C@@H]5[C@H]3C(=O)N(CCCO)C4C2=O)c1. The van der Waals surface area contributed by atoms with Crippen molar-refractivity contribution in [1.82, 2.24) is 4.90 Å². The molecule has 0 bridgehead atoms. The maximum Gasteiger partial charge on any atom is 0.311 e. The second kappa shape index (κ2) is 8.82. The number of thioether (sulfide) groups is 1. The van der Waals surface area contributed by atoms with Crippen LogP contribution in [0.4, 0.5) is 5.69 Å². The lowest BCUT2D eigenvalue weighted by Crippen LogP contribution is -2.53. The van der Waals surface area contributed by atoms with Gasteiger partial charge in [-0.2, -0.15) is 0 Å². The van der Waals surface area contributed by atoms with E-state index >= 15 is 0 Å². The van der Waals surface area contributed by atoms with Gasteiger partial charge in [-0.15, -0.1) is 11.8 Å². The molecule has 35 heavy (non-hydrogen) atoms. The molecule has 0 radical (unpaired) electrons. The highest BCUT2D eigenvalue weighted by atomic mass is 32.2. The quantitative estimate of drug-likeness (QED) is 0.510. The average molecular weight is 497 g/mol. The number of hydrogen-bond acceptors (Lipinski definition) is 6. The summed E-state index contributed by atoms with van der Waals surface area (Å²) >= 11 is 1.54. The highest BCUT2D eigenvalue weighted by Gasteiger charge is 2.73. The minimum atomic E-state index is -0.900. The fourth-order valence-corrected chi connectivity index (χ4v) is 8.35. The third-order valence-corrected chi connectivity index (χ3v) is 9.53. The minimum absolute atomic E-state index is 0.0854. The predicted molar refractivity (Wildman–Crippen MR) is 135 cm³/mol. The number of aliphatic hydroxyl groups is 1. The van der Waals surface area contributed by atoms with E-state index in [1.165, 1.54) is 0 Å². The van der Waals surface area contributed by atoms with Crippen LogP contribution in [0.5, 0.6) is 0 Å². The van der Waals surface area contributed by atoms with Gasteiger partial charge in [-0.05, 0) is 50.8 Å². The van der Waals surface area contributed by atoms with Crippen LogP contribution in [0.1, 0.15) is 30.9 Å². The molecule has 0 saturated carbocycles. The Labute approximate surface area is 210 Å². The van der Waals surface area contributed by atoms with Gasteiger partial charge in [0.05, 0.1) is 23.2 Å². The van der Waals surface area contributed by atoms with Gasteiger partial charge in [0.25, 0.3) is 5.91 Å². The number of nitrogens with zero attached hydrogens (tertiary/aromatic N) is 2. The summed E-state index contributed by atoms with van der Waals surface area (Å²) in [6.07, 6.45) is 9.01. The molecule has 1 aromatic carbocycles. The summed E-state index contributed by atoms with van der Waals surface area (Å²) in [5.74, 6) is -2.14. The van der Waals surface area contributed by atoms with Crippen LogP contribution in [0.15, 0.2) is 42.5 Å². The van der Waals surface area contributed by atoms with E-state index < -0.39 is 27.4 Å². The van der Waals surface area contributed by atoms with E-state index in [2.05, 4.69) is 0 Å². The molecule has 5 atom stereocenters. The molecule has 4 aliphatic rings. The largest absolute Gasteiger partial charge is 0.465 e. The van der Waals surface area contributed by atoms with E-state index in [4.69, 9.17) is 4.74 Å². The summed E-state index contributed by atoms with van der Waals surface area (Å²) in [5, 5.41) is 9.53. The van der Waals surface area contributed by atoms with Crippen LogP contribution >= 0.6 is 11.8 Å². The molecule has 1 unspecified atom stereocenters. The van der Waals surface area contributed by atoms with E-state index in [1.54, 1.807) is 21.6 Å². The minimum Gasteiger partial charge on any atom is -0.465 e. The standard InChI is InChI=1S/C27H32N2O5S/c1-17-8-9-18(2)19(16-17)28-12-6-11-27-20(23(31)29(13-7-14-30)22(27)24(28)32)21-25(33)34-15-5-4-10-26(21,3)35-27/h4,6,8-11,16,20-22,30H,5,7,12-15H2,1-3H3/t20-,21-,22?,26+,27-/m0/s1. The van der Waals surface area contributed by atoms with Crippen molar-refractivity contribution in [2.24, 2.45) is 11.8 Å². The van der Waals surface area contributed by atoms with Gasteiger partial charge in [-0.1, -0.05) is 36.4 Å². The first-order valence-corrected chi connectivity index (χ1v) is 13.1. The van der Waals surface area contributed by atoms with Crippen molar-refractivity contribution in [2.75, 3.05) is 31.2 Å². The zero-order valence-corrected chi connectivity index (χ0v) is 21.2. The van der Waals surface area contributed by atoms with Crippen LogP contribution in [0.25, 0.3) is 0 Å². The van der Waals surface area contributed by atoms with Crippen LogP contribution in [0, 0.1) is 25.7 Å². The molecule has 2 fully saturated rings. The lowest BCUT2D eigenvalue weighted by Gasteiger charge is -2.37. The van der Waals surface area contributed by atoms with Crippen LogP contribution < -0.4 is 4.90 Å². The lowest BCUT2D eigenvalue weighted by atomic mass is 9.74. The Morgan fingerprint density at radius 1 is 1.11 bits per heavy atom. The summed E-state index contributed by atoms with van der Waals surface area (Å²) < 4.78 is 3.99. The number of ether oxygens (including phenoxy) is 1. The van der Waals surface area contributed by atoms with E-state index in [-0.39, 0.29) is 37.5 Å². The fraction of sp³-hybridized carbons (Fsp3) is 0.519. The average Bonchev–Trinajstić information content (AvgIpc) is 3.13. The van der Waals surface area contributed by atoms with Crippen molar-refractivity contribution in [3.8, 4) is 0 Å². The van der Waals surface area contributed by atoms with Gasteiger partial charge in [0.1, 0.15) is 6.04 Å². The summed E-state index contributed by atoms with van der Waals surface area (Å²) in [6.45, 7) is 6.79. The Morgan fingerprint density at radius 2 is 1.91 bits per heavy atom. The fourth-order valence-electron chi connectivity index (χ4n) is 6.20. The van der Waals surface area contributed by atoms with E-state index in [0.717, 1.165) is 16.8 Å². The maximum atomic E-state index is 14.4. The molecule has 4 heterocycles. The van der Waals surface area contributed by atoms with Crippen molar-refractivity contribution < 1.29 is 24.2 Å². The highest BCUT2D eigenvalue weighted by molar-refractivity contribution is 8.02. The molecule has 4 aliphatic heterocycles. The Morgan fingerprint density at radius 3 is 2.69 bits per heavy atom. The van der Waals surface area contributed by atoms with Crippen LogP contribution in [0.3, 0.4) is 0 Å². The first-order chi connectivity index (χ1) is 16.7. The normalized spacial score (nSPS) is 34.2. The van der Waals surface area contributed by atoms with Gasteiger partial charge >= 0.3 is 5.97 Å². The molecular weight excluding hydrogens is 464 g/mol. The second-order valence-electron chi connectivity index (χ2n) is 10.1. The molecule has 2 amide bonds. The smallest absolute Gasteiger partial charge is 0.311 e. The number of hydrogen-bond donors (Lipinski definition) is 1. The van der Waals surface area contributed by atoms with Crippen molar-refractivity contribution in [1.29, 1.82) is 0 Å². The number of fused-ring (bicyclic) bond motifs is 2. The summed E-state index contributed by atoms with van der Waals surface area (Å²) in [5.41, 5.74) is 2.86. The van der Waals surface area contributed by atoms with Crippen molar-refractivity contribution >= 4 is 35.2 Å². The molecule has 7 nitrogen and oxygen atoms in total. The molecule has 0 aromatic heterocycles. The van der Waals surface area contributed by atoms with Crippen LogP contribution in [-0.2, 0) is 19.1 Å². The molecule has 8 heteroatoms. The zero-order valence-electron chi connectivity index (χ0n) is 20.4. The van der Waals surface area contributed by atoms with Crippen molar-refractivity contribution in [2.45, 2.75) is 49.1 Å². The maximum absolute atomic E-state index is 14.4. The molecule has 0 aliphatic carbocycles. The molecular formula is C27H32N2O5S. The van der Waals surface area contributed by atoms with Crippen LogP contribution in [-0.4, -0.2) is 69.6 Å². The third-order valence-electron chi connectivity index (χ3n) is 7.73. The third kappa shape index (κ3) is 3.64. The van der Waals surface area contributed by atoms with Gasteiger partial charge in [0.15, 0.2) is 0 Å². The van der Waals surface area contributed by atoms with Crippen molar-refractivity contribution in [3.63, 3.8) is 0 Å². The summed E-state index contributed by atoms with van der Waals surface area (Å²) in [7, 11) is 0. The summed E-state index contributed by atoms with van der Waals surface area (Å²) in [4.78, 5) is 45.0. The molecule has 5 rings (SSSR count).